The molecule has 1 aromatic carbocycles. The molecule has 0 saturated carbocycles. The molecule has 0 spiro atoms. The zero-order valence-corrected chi connectivity index (χ0v) is 17.1. The minimum atomic E-state index is 0.0207. The number of hydrogen-bond acceptors (Lipinski definition) is 6. The van der Waals surface area contributed by atoms with E-state index < -0.39 is 0 Å². The van der Waals surface area contributed by atoms with E-state index in [0.717, 1.165) is 63.4 Å². The number of piperazine rings is 1. The van der Waals surface area contributed by atoms with E-state index in [4.69, 9.17) is 0 Å². The summed E-state index contributed by atoms with van der Waals surface area (Å²) in [6.45, 7) is 6.03. The normalized spacial score (nSPS) is 20.6. The Labute approximate surface area is 175 Å². The van der Waals surface area contributed by atoms with E-state index >= 15 is 0 Å². The van der Waals surface area contributed by atoms with E-state index in [-0.39, 0.29) is 11.8 Å². The SMILES string of the molecule is O=C([C@H]1CCCN(c2ncnc3nc[nH]c23)C1)N1CCN(Cc2ccccc2)CC1. The highest BCUT2D eigenvalue weighted by atomic mass is 16.2. The van der Waals surface area contributed by atoms with Crippen molar-refractivity contribution in [2.45, 2.75) is 19.4 Å². The van der Waals surface area contributed by atoms with Crippen molar-refractivity contribution in [3.63, 3.8) is 0 Å². The molecule has 2 fully saturated rings. The van der Waals surface area contributed by atoms with Gasteiger partial charge < -0.3 is 14.8 Å². The fourth-order valence-corrected chi connectivity index (χ4v) is 4.59. The van der Waals surface area contributed by atoms with Crippen LogP contribution >= 0.6 is 0 Å². The Morgan fingerprint density at radius 3 is 2.70 bits per heavy atom. The molecule has 0 unspecified atom stereocenters. The maximum absolute atomic E-state index is 13.2. The minimum Gasteiger partial charge on any atom is -0.354 e. The van der Waals surface area contributed by atoms with Crippen LogP contribution in [-0.2, 0) is 11.3 Å². The summed E-state index contributed by atoms with van der Waals surface area (Å²) in [5.41, 5.74) is 2.85. The number of aromatic nitrogens is 4. The molecule has 2 aliphatic rings. The summed E-state index contributed by atoms with van der Waals surface area (Å²) in [6.07, 6.45) is 5.13. The highest BCUT2D eigenvalue weighted by Gasteiger charge is 2.32. The molecule has 2 aromatic heterocycles. The van der Waals surface area contributed by atoms with E-state index in [1.54, 1.807) is 12.7 Å². The average Bonchev–Trinajstić information content (AvgIpc) is 3.29. The molecule has 4 heterocycles. The minimum absolute atomic E-state index is 0.0207. The number of rotatable bonds is 4. The van der Waals surface area contributed by atoms with Crippen LogP contribution in [0.5, 0.6) is 0 Å². The fraction of sp³-hybridized carbons (Fsp3) is 0.455. The molecule has 1 N–H and O–H groups in total. The first-order chi connectivity index (χ1) is 14.8. The number of anilines is 1. The van der Waals surface area contributed by atoms with Crippen molar-refractivity contribution in [1.82, 2.24) is 29.7 Å². The molecular formula is C22H27N7O. The molecule has 2 saturated heterocycles. The molecule has 0 radical (unpaired) electrons. The number of nitrogens with one attached hydrogen (secondary N) is 1. The Hall–Kier alpha value is -3.00. The van der Waals surface area contributed by atoms with E-state index in [1.165, 1.54) is 5.56 Å². The largest absolute Gasteiger partial charge is 0.354 e. The van der Waals surface area contributed by atoms with Gasteiger partial charge in [0, 0.05) is 45.8 Å². The van der Waals surface area contributed by atoms with Crippen molar-refractivity contribution in [1.29, 1.82) is 0 Å². The Morgan fingerprint density at radius 1 is 1.03 bits per heavy atom. The van der Waals surface area contributed by atoms with Gasteiger partial charge in [-0.15, -0.1) is 0 Å². The van der Waals surface area contributed by atoms with Crippen molar-refractivity contribution in [3.05, 3.63) is 48.5 Å². The van der Waals surface area contributed by atoms with Gasteiger partial charge in [0.2, 0.25) is 5.91 Å². The van der Waals surface area contributed by atoms with E-state index in [2.05, 4.69) is 58.9 Å². The van der Waals surface area contributed by atoms with Gasteiger partial charge in [0.05, 0.1) is 12.2 Å². The van der Waals surface area contributed by atoms with Crippen LogP contribution in [0.15, 0.2) is 43.0 Å². The average molecular weight is 406 g/mol. The lowest BCUT2D eigenvalue weighted by atomic mass is 9.96. The molecule has 8 nitrogen and oxygen atoms in total. The van der Waals surface area contributed by atoms with Gasteiger partial charge in [0.25, 0.3) is 0 Å². The zero-order valence-electron chi connectivity index (χ0n) is 17.1. The molecule has 156 valence electrons. The van der Waals surface area contributed by atoms with Crippen molar-refractivity contribution in [2.75, 3.05) is 44.2 Å². The third-order valence-electron chi connectivity index (χ3n) is 6.21. The van der Waals surface area contributed by atoms with Crippen LogP contribution in [0.2, 0.25) is 0 Å². The first-order valence-electron chi connectivity index (χ1n) is 10.7. The predicted molar refractivity (Wildman–Crippen MR) is 115 cm³/mol. The molecule has 0 bridgehead atoms. The second-order valence-corrected chi connectivity index (χ2v) is 8.17. The lowest BCUT2D eigenvalue weighted by Gasteiger charge is -2.39. The molecule has 1 atom stereocenters. The molecule has 0 aliphatic carbocycles. The van der Waals surface area contributed by atoms with Gasteiger partial charge in [-0.05, 0) is 18.4 Å². The Kier molecular flexibility index (Phi) is 5.31. The lowest BCUT2D eigenvalue weighted by molar-refractivity contribution is -0.137. The summed E-state index contributed by atoms with van der Waals surface area (Å²) in [4.78, 5) is 36.0. The van der Waals surface area contributed by atoms with Gasteiger partial charge in [0.1, 0.15) is 11.8 Å². The molecule has 3 aromatic rings. The summed E-state index contributed by atoms with van der Waals surface area (Å²) >= 11 is 0. The second-order valence-electron chi connectivity index (χ2n) is 8.17. The van der Waals surface area contributed by atoms with Crippen LogP contribution < -0.4 is 4.90 Å². The standard InChI is InChI=1S/C22H27N7O/c30-22(28-11-9-27(10-12-28)13-17-5-2-1-3-6-17)18-7-4-8-29(14-18)21-19-20(24-15-23-19)25-16-26-21/h1-3,5-6,15-16,18H,4,7-14H2,(H,23,24,25,26)/t18-/m0/s1. The third kappa shape index (κ3) is 3.87. The highest BCUT2D eigenvalue weighted by Crippen LogP contribution is 2.27. The number of carbonyl (C=O) groups is 1. The van der Waals surface area contributed by atoms with Crippen LogP contribution in [0.25, 0.3) is 11.2 Å². The number of H-pyrrole nitrogens is 1. The topological polar surface area (TPSA) is 81.2 Å². The Bertz CT molecular complexity index is 997. The van der Waals surface area contributed by atoms with E-state index in [9.17, 15) is 4.79 Å². The smallest absolute Gasteiger partial charge is 0.227 e. The molecular weight excluding hydrogens is 378 g/mol. The van der Waals surface area contributed by atoms with Crippen LogP contribution in [0.1, 0.15) is 18.4 Å². The van der Waals surface area contributed by atoms with Gasteiger partial charge in [-0.1, -0.05) is 30.3 Å². The van der Waals surface area contributed by atoms with Gasteiger partial charge >= 0.3 is 0 Å². The first kappa shape index (κ1) is 19.0. The van der Waals surface area contributed by atoms with Crippen LogP contribution in [-0.4, -0.2) is 74.9 Å². The van der Waals surface area contributed by atoms with Gasteiger partial charge in [-0.2, -0.15) is 0 Å². The first-order valence-corrected chi connectivity index (χ1v) is 10.7. The third-order valence-corrected chi connectivity index (χ3v) is 6.21. The van der Waals surface area contributed by atoms with Gasteiger partial charge in [-0.25, -0.2) is 15.0 Å². The summed E-state index contributed by atoms with van der Waals surface area (Å²) in [5, 5.41) is 0. The van der Waals surface area contributed by atoms with Crippen molar-refractivity contribution >= 4 is 22.9 Å². The highest BCUT2D eigenvalue weighted by molar-refractivity contribution is 5.84. The van der Waals surface area contributed by atoms with Gasteiger partial charge in [-0.3, -0.25) is 9.69 Å². The van der Waals surface area contributed by atoms with Crippen LogP contribution in [0, 0.1) is 5.92 Å². The number of hydrogen-bond donors (Lipinski definition) is 1. The van der Waals surface area contributed by atoms with Crippen LogP contribution in [0.3, 0.4) is 0 Å². The maximum atomic E-state index is 13.2. The van der Waals surface area contributed by atoms with Crippen molar-refractivity contribution in [3.8, 4) is 0 Å². The number of nitrogens with zero attached hydrogens (tertiary/aromatic N) is 6. The number of amides is 1. The number of fused-ring (bicyclic) bond motifs is 1. The molecule has 8 heteroatoms. The molecule has 5 rings (SSSR count). The molecule has 30 heavy (non-hydrogen) atoms. The number of benzene rings is 1. The number of carbonyl (C=O) groups excluding carboxylic acids is 1. The quantitative estimate of drug-likeness (QED) is 0.714. The second kappa shape index (κ2) is 8.39. The monoisotopic (exact) mass is 405 g/mol. The molecule has 2 aliphatic heterocycles. The van der Waals surface area contributed by atoms with Crippen LogP contribution in [0.4, 0.5) is 5.82 Å². The van der Waals surface area contributed by atoms with E-state index in [1.807, 2.05) is 6.07 Å². The van der Waals surface area contributed by atoms with Gasteiger partial charge in [0.15, 0.2) is 11.5 Å². The predicted octanol–water partition coefficient (Wildman–Crippen LogP) is 1.91. The molecule has 1 amide bonds. The lowest BCUT2D eigenvalue weighted by Crippen LogP contribution is -2.52. The number of piperidine rings is 1. The summed E-state index contributed by atoms with van der Waals surface area (Å²) in [7, 11) is 0. The van der Waals surface area contributed by atoms with Crippen molar-refractivity contribution < 1.29 is 4.79 Å². The summed E-state index contributed by atoms with van der Waals surface area (Å²) in [5.74, 6) is 1.16. The number of aromatic amines is 1. The summed E-state index contributed by atoms with van der Waals surface area (Å²) < 4.78 is 0. The Balaban J connectivity index is 1.20. The number of imidazole rings is 1. The Morgan fingerprint density at radius 2 is 1.87 bits per heavy atom. The van der Waals surface area contributed by atoms with Crippen molar-refractivity contribution in [2.24, 2.45) is 5.92 Å². The fourth-order valence-electron chi connectivity index (χ4n) is 4.59. The zero-order chi connectivity index (χ0) is 20.3. The summed E-state index contributed by atoms with van der Waals surface area (Å²) in [6, 6.07) is 10.5. The maximum Gasteiger partial charge on any atom is 0.227 e. The van der Waals surface area contributed by atoms with E-state index in [0.29, 0.717) is 12.2 Å².